The van der Waals surface area contributed by atoms with Gasteiger partial charge < -0.3 is 9.84 Å². The topological polar surface area (TPSA) is 112 Å². The summed E-state index contributed by atoms with van der Waals surface area (Å²) < 4.78 is 7.10. The summed E-state index contributed by atoms with van der Waals surface area (Å²) in [6.45, 7) is 10.2. The fourth-order valence-electron chi connectivity index (χ4n) is 3.73. The molecule has 0 aromatic carbocycles. The second-order valence-corrected chi connectivity index (χ2v) is 9.85. The van der Waals surface area contributed by atoms with Gasteiger partial charge in [0.25, 0.3) is 17.6 Å². The maximum atomic E-state index is 13.6. The van der Waals surface area contributed by atoms with Gasteiger partial charge in [-0.25, -0.2) is 15.0 Å². The van der Waals surface area contributed by atoms with Crippen LogP contribution in [0.1, 0.15) is 86.7 Å². The molecule has 1 fully saturated rings. The van der Waals surface area contributed by atoms with Crippen LogP contribution in [0.5, 0.6) is 0 Å². The van der Waals surface area contributed by atoms with Crippen molar-refractivity contribution in [2.24, 2.45) is 0 Å². The van der Waals surface area contributed by atoms with E-state index in [1.807, 2.05) is 26.0 Å². The molecule has 0 spiro atoms. The van der Waals surface area contributed by atoms with E-state index in [2.05, 4.69) is 51.3 Å². The molecule has 1 saturated carbocycles. The number of nitrogens with one attached hydrogen (secondary N) is 1. The van der Waals surface area contributed by atoms with Crippen molar-refractivity contribution in [3.63, 3.8) is 0 Å². The lowest BCUT2D eigenvalue weighted by molar-refractivity contribution is 0.102. The average Bonchev–Trinajstić information content (AvgIpc) is 3.39. The minimum Gasteiger partial charge on any atom is -0.335 e. The van der Waals surface area contributed by atoms with Crippen LogP contribution < -0.4 is 5.32 Å². The summed E-state index contributed by atoms with van der Waals surface area (Å²) >= 11 is 0. The number of nitrogens with zero attached hydrogens (tertiary/aromatic N) is 6. The number of fused-ring (bicyclic) bond motifs is 1. The van der Waals surface area contributed by atoms with Crippen LogP contribution in [-0.2, 0) is 5.41 Å². The van der Waals surface area contributed by atoms with E-state index in [9.17, 15) is 4.79 Å². The minimum atomic E-state index is -0.271. The van der Waals surface area contributed by atoms with Crippen molar-refractivity contribution in [3.8, 4) is 5.95 Å². The highest BCUT2D eigenvalue weighted by Crippen LogP contribution is 2.41. The molecule has 33 heavy (non-hydrogen) atoms. The highest BCUT2D eigenvalue weighted by atomic mass is 16.5. The summed E-state index contributed by atoms with van der Waals surface area (Å²) in [5.41, 5.74) is 3.10. The molecule has 9 heteroatoms. The Morgan fingerprint density at radius 3 is 2.55 bits per heavy atom. The van der Waals surface area contributed by atoms with Crippen LogP contribution in [0, 0.1) is 0 Å². The lowest BCUT2D eigenvalue weighted by Gasteiger charge is -2.13. The number of hydrogen-bond acceptors (Lipinski definition) is 7. The molecule has 0 bridgehead atoms. The molecule has 9 nitrogen and oxygen atoms in total. The normalized spacial score (nSPS) is 14.2. The molecule has 0 atom stereocenters. The van der Waals surface area contributed by atoms with E-state index in [0.29, 0.717) is 34.3 Å². The largest absolute Gasteiger partial charge is 0.335 e. The number of hydrogen-bond donors (Lipinski definition) is 1. The van der Waals surface area contributed by atoms with Gasteiger partial charge in [-0.05, 0) is 30.9 Å². The van der Waals surface area contributed by atoms with Crippen molar-refractivity contribution < 1.29 is 9.32 Å². The monoisotopic (exact) mass is 445 g/mol. The lowest BCUT2D eigenvalue weighted by atomic mass is 9.92. The molecule has 1 amide bonds. The Morgan fingerprint density at radius 2 is 1.91 bits per heavy atom. The number of carbonyl (C=O) groups is 1. The zero-order valence-corrected chi connectivity index (χ0v) is 19.5. The molecule has 5 rings (SSSR count). The Bertz CT molecular complexity index is 1330. The maximum Gasteiger partial charge on any atom is 0.259 e. The van der Waals surface area contributed by atoms with E-state index in [-0.39, 0.29) is 17.2 Å². The van der Waals surface area contributed by atoms with Crippen molar-refractivity contribution in [1.82, 2.24) is 29.9 Å². The van der Waals surface area contributed by atoms with Crippen molar-refractivity contribution in [1.29, 1.82) is 0 Å². The Hall–Kier alpha value is -3.62. The smallest absolute Gasteiger partial charge is 0.259 e. The highest BCUT2D eigenvalue weighted by Gasteiger charge is 2.30. The summed E-state index contributed by atoms with van der Waals surface area (Å²) in [5.74, 6) is 1.06. The average molecular weight is 446 g/mol. The number of anilines is 1. The van der Waals surface area contributed by atoms with Gasteiger partial charge in [0.15, 0.2) is 0 Å². The number of pyridine rings is 1. The Balaban J connectivity index is 1.60. The van der Waals surface area contributed by atoms with Crippen LogP contribution in [-0.4, -0.2) is 35.8 Å². The summed E-state index contributed by atoms with van der Waals surface area (Å²) in [4.78, 5) is 26.9. The van der Waals surface area contributed by atoms with Gasteiger partial charge in [-0.3, -0.25) is 4.79 Å². The summed E-state index contributed by atoms with van der Waals surface area (Å²) in [5, 5.41) is 12.6. The van der Waals surface area contributed by atoms with Gasteiger partial charge >= 0.3 is 0 Å². The highest BCUT2D eigenvalue weighted by molar-refractivity contribution is 6.12. The fraction of sp³-hybridized carbons (Fsp3) is 0.417. The summed E-state index contributed by atoms with van der Waals surface area (Å²) in [6, 6.07) is 5.48. The van der Waals surface area contributed by atoms with Gasteiger partial charge in [-0.2, -0.15) is 9.78 Å². The number of aromatic nitrogens is 6. The first-order chi connectivity index (χ1) is 15.7. The molecule has 0 unspecified atom stereocenters. The van der Waals surface area contributed by atoms with Crippen molar-refractivity contribution in [2.75, 3.05) is 5.32 Å². The summed E-state index contributed by atoms with van der Waals surface area (Å²) in [6.07, 6.45) is 5.43. The van der Waals surface area contributed by atoms with E-state index in [4.69, 9.17) is 4.52 Å². The molecule has 0 radical (unpaired) electrons. The van der Waals surface area contributed by atoms with E-state index in [1.54, 1.807) is 23.1 Å². The fourth-order valence-corrected chi connectivity index (χ4v) is 3.73. The van der Waals surface area contributed by atoms with E-state index < -0.39 is 0 Å². The molecule has 0 saturated heterocycles. The standard InChI is InChI=1S/C24H27N7O2/c1-13(2)20-19-15(11-16(14-7-8-14)27-22(19)33-30-20)21(32)28-18-12-17(24(3,4)5)29-31(18)23-25-9-6-10-26-23/h6,9-14H,7-8H2,1-5H3,(H,28,32). The molecular formula is C24H27N7O2. The third-order valence-electron chi connectivity index (χ3n) is 5.74. The minimum absolute atomic E-state index is 0.0853. The molecule has 1 aliphatic carbocycles. The third-order valence-corrected chi connectivity index (χ3v) is 5.74. The third kappa shape index (κ3) is 3.99. The zero-order chi connectivity index (χ0) is 23.3. The van der Waals surface area contributed by atoms with Crippen molar-refractivity contribution >= 4 is 22.8 Å². The Morgan fingerprint density at radius 1 is 1.18 bits per heavy atom. The van der Waals surface area contributed by atoms with E-state index in [0.717, 1.165) is 29.9 Å². The van der Waals surface area contributed by atoms with Crippen molar-refractivity contribution in [3.05, 3.63) is 53.2 Å². The van der Waals surface area contributed by atoms with Gasteiger partial charge in [0.2, 0.25) is 0 Å². The molecule has 4 aromatic heterocycles. The van der Waals surface area contributed by atoms with Crippen LogP contribution in [0.2, 0.25) is 0 Å². The first-order valence-electron chi connectivity index (χ1n) is 11.2. The molecule has 1 aliphatic rings. The first kappa shape index (κ1) is 21.2. The summed E-state index contributed by atoms with van der Waals surface area (Å²) in [7, 11) is 0. The predicted molar refractivity (Wildman–Crippen MR) is 124 cm³/mol. The van der Waals surface area contributed by atoms with E-state index >= 15 is 0 Å². The van der Waals surface area contributed by atoms with Gasteiger partial charge in [-0.1, -0.05) is 39.8 Å². The Kier molecular flexibility index (Phi) is 4.99. The zero-order valence-electron chi connectivity index (χ0n) is 19.5. The predicted octanol–water partition coefficient (Wildman–Crippen LogP) is 4.75. The van der Waals surface area contributed by atoms with Crippen LogP contribution in [0.3, 0.4) is 0 Å². The van der Waals surface area contributed by atoms with E-state index in [1.165, 1.54) is 0 Å². The molecule has 1 N–H and O–H groups in total. The molecular weight excluding hydrogens is 418 g/mol. The van der Waals surface area contributed by atoms with Crippen LogP contribution in [0.15, 0.2) is 35.1 Å². The molecule has 4 aromatic rings. The van der Waals surface area contributed by atoms with Crippen molar-refractivity contribution in [2.45, 2.75) is 64.7 Å². The van der Waals surface area contributed by atoms with Gasteiger partial charge in [0, 0.05) is 35.5 Å². The maximum absolute atomic E-state index is 13.6. The quantitative estimate of drug-likeness (QED) is 0.472. The Labute approximate surface area is 191 Å². The van der Waals surface area contributed by atoms with Crippen LogP contribution in [0.4, 0.5) is 5.82 Å². The molecule has 4 heterocycles. The van der Waals surface area contributed by atoms with Crippen LogP contribution in [0.25, 0.3) is 17.0 Å². The van der Waals surface area contributed by atoms with Gasteiger partial charge in [0.1, 0.15) is 5.82 Å². The number of rotatable bonds is 5. The first-order valence-corrected chi connectivity index (χ1v) is 11.2. The number of carbonyl (C=O) groups excluding carboxylic acids is 1. The second kappa shape index (κ2) is 7.75. The second-order valence-electron chi connectivity index (χ2n) is 9.85. The van der Waals surface area contributed by atoms with Gasteiger partial charge in [0.05, 0.1) is 22.3 Å². The lowest BCUT2D eigenvalue weighted by Crippen LogP contribution is -2.17. The number of amides is 1. The molecule has 170 valence electrons. The van der Waals surface area contributed by atoms with Crippen LogP contribution >= 0.6 is 0 Å². The SMILES string of the molecule is CC(C)c1noc2nc(C3CC3)cc(C(=O)Nc3cc(C(C)(C)C)nn3-c3ncccn3)c12. The van der Waals surface area contributed by atoms with Gasteiger partial charge in [-0.15, -0.1) is 0 Å². The molecule has 0 aliphatic heterocycles.